The fourth-order valence-electron chi connectivity index (χ4n) is 5.17. The van der Waals surface area contributed by atoms with Gasteiger partial charge >= 0.3 is 0 Å². The number of nitrogens with two attached hydrogens (primary N) is 1. The zero-order valence-corrected chi connectivity index (χ0v) is 24.3. The molecule has 0 saturated carbocycles. The van der Waals surface area contributed by atoms with Crippen molar-refractivity contribution in [2.45, 2.75) is 18.1 Å². The summed E-state index contributed by atoms with van der Waals surface area (Å²) >= 11 is 6.43. The smallest absolute Gasteiger partial charge is 0.260 e. The van der Waals surface area contributed by atoms with Crippen LogP contribution < -0.4 is 16.0 Å². The number of halogens is 2. The Morgan fingerprint density at radius 1 is 1.30 bits per heavy atom. The molecule has 46 heavy (non-hydrogen) atoms. The van der Waals surface area contributed by atoms with E-state index in [9.17, 15) is 19.8 Å². The van der Waals surface area contributed by atoms with Crippen molar-refractivity contribution >= 4 is 46.0 Å². The van der Waals surface area contributed by atoms with E-state index in [1.165, 1.54) is 42.6 Å². The number of carbonyl (C=O) groups excluding carboxylic acids is 2. The van der Waals surface area contributed by atoms with Gasteiger partial charge in [-0.05, 0) is 29.8 Å². The van der Waals surface area contributed by atoms with E-state index in [1.807, 2.05) is 6.07 Å². The Labute approximate surface area is 263 Å². The molecule has 6 rings (SSSR count). The maximum absolute atomic E-state index is 15.3. The highest BCUT2D eigenvalue weighted by molar-refractivity contribution is 6.36. The van der Waals surface area contributed by atoms with Crippen molar-refractivity contribution in [2.75, 3.05) is 30.3 Å². The van der Waals surface area contributed by atoms with Crippen LogP contribution in [0.5, 0.6) is 5.75 Å². The van der Waals surface area contributed by atoms with Crippen LogP contribution in [-0.4, -0.2) is 78.6 Å². The number of amides is 2. The van der Waals surface area contributed by atoms with Gasteiger partial charge in [-0.1, -0.05) is 28.9 Å². The topological polar surface area (TPSA) is 219 Å². The second-order valence-corrected chi connectivity index (χ2v) is 10.8. The van der Waals surface area contributed by atoms with Crippen LogP contribution in [0, 0.1) is 17.1 Å². The first kappa shape index (κ1) is 30.4. The van der Waals surface area contributed by atoms with Gasteiger partial charge in [0.2, 0.25) is 0 Å². The Bertz CT molecular complexity index is 2030. The van der Waals surface area contributed by atoms with Gasteiger partial charge in [-0.25, -0.2) is 9.07 Å². The molecule has 0 radical (unpaired) electrons. The molecule has 5 N–H and O–H groups in total. The van der Waals surface area contributed by atoms with Crippen LogP contribution in [0.25, 0.3) is 16.7 Å². The number of hydrogen-bond acceptors (Lipinski definition) is 12. The van der Waals surface area contributed by atoms with Gasteiger partial charge in [0, 0.05) is 12.5 Å². The number of morpholine rings is 1. The largest absolute Gasteiger partial charge is 0.507 e. The molecule has 4 heterocycles. The molecule has 1 aliphatic heterocycles. The Kier molecular flexibility index (Phi) is 7.96. The minimum Gasteiger partial charge on any atom is -0.507 e. The van der Waals surface area contributed by atoms with Gasteiger partial charge in [0.1, 0.15) is 17.4 Å². The molecule has 2 amide bonds. The highest BCUT2D eigenvalue weighted by Crippen LogP contribution is 2.33. The molecule has 234 valence electrons. The number of fused-ring (bicyclic) bond motifs is 1. The third kappa shape index (κ3) is 5.65. The minimum atomic E-state index is -2.16. The lowest BCUT2D eigenvalue weighted by Gasteiger charge is -2.40. The average Bonchev–Trinajstić information content (AvgIpc) is 3.62. The van der Waals surface area contributed by atoms with E-state index in [0.29, 0.717) is 10.9 Å². The molecular formula is C29H23ClFN9O6. The van der Waals surface area contributed by atoms with Crippen LogP contribution in [-0.2, 0) is 16.0 Å². The normalized spacial score (nSPS) is 16.3. The Morgan fingerprint density at radius 3 is 2.89 bits per heavy atom. The summed E-state index contributed by atoms with van der Waals surface area (Å²) in [5.74, 6) is -3.06. The molecule has 1 aliphatic rings. The number of hydrogen-bond donors (Lipinski definition) is 4. The van der Waals surface area contributed by atoms with Crippen LogP contribution in [0.3, 0.4) is 0 Å². The number of nitrogens with zero attached hydrogens (tertiary/aromatic N) is 7. The van der Waals surface area contributed by atoms with Crippen molar-refractivity contribution < 1.29 is 33.5 Å². The molecule has 0 bridgehead atoms. The fourth-order valence-corrected chi connectivity index (χ4v) is 5.50. The van der Waals surface area contributed by atoms with E-state index in [2.05, 4.69) is 25.8 Å². The standard InChI is InChI=1S/C29H23ClFN9O6/c30-19-7-15(8-22-23(19)25(33)38-46-22)10-29(44,14-34-27(42)18-3-1-2-4-21(18)41)24-28(43)39(5-6-45-24)26-20(31)13-40(37-26)17-9-16(11-32)36-35-12-17/h1-4,7-9,12-13,24,41,44H,5-6,10,14H2,(H2,33,38)(H,34,42)/t24-,29?/m0/s1. The maximum Gasteiger partial charge on any atom is 0.260 e. The van der Waals surface area contributed by atoms with Gasteiger partial charge in [-0.15, -0.1) is 10.2 Å². The van der Waals surface area contributed by atoms with Gasteiger partial charge in [-0.3, -0.25) is 14.5 Å². The third-order valence-corrected chi connectivity index (χ3v) is 7.63. The van der Waals surface area contributed by atoms with Crippen molar-refractivity contribution in [2.24, 2.45) is 0 Å². The van der Waals surface area contributed by atoms with Crippen molar-refractivity contribution in [3.63, 3.8) is 0 Å². The van der Waals surface area contributed by atoms with Crippen molar-refractivity contribution in [1.82, 2.24) is 30.5 Å². The van der Waals surface area contributed by atoms with Crippen molar-refractivity contribution in [1.29, 1.82) is 5.26 Å². The molecule has 15 nitrogen and oxygen atoms in total. The van der Waals surface area contributed by atoms with Crippen LogP contribution in [0.1, 0.15) is 21.6 Å². The van der Waals surface area contributed by atoms with E-state index in [1.54, 1.807) is 6.07 Å². The third-order valence-electron chi connectivity index (χ3n) is 7.33. The first-order valence-corrected chi connectivity index (χ1v) is 14.0. The zero-order chi connectivity index (χ0) is 32.6. The SMILES string of the molecule is N#Cc1cc(-n2cc(F)c(N3CCO[C@H](C(O)(CNC(=O)c4ccccc4O)Cc4cc(Cl)c5c(N)noc5c4)C3=O)n2)cnn1. The summed E-state index contributed by atoms with van der Waals surface area (Å²) in [7, 11) is 0. The molecule has 2 aromatic carbocycles. The number of phenolic OH excluding ortho intramolecular Hbond substituents is 1. The molecule has 5 aromatic rings. The molecule has 2 atom stereocenters. The lowest BCUT2D eigenvalue weighted by Crippen LogP contribution is -2.63. The summed E-state index contributed by atoms with van der Waals surface area (Å²) in [4.78, 5) is 28.0. The summed E-state index contributed by atoms with van der Waals surface area (Å²) in [6.07, 6.45) is 0.310. The predicted molar refractivity (Wildman–Crippen MR) is 158 cm³/mol. The first-order valence-electron chi connectivity index (χ1n) is 13.6. The number of phenols is 1. The number of aliphatic hydroxyl groups is 1. The second kappa shape index (κ2) is 12.0. The molecule has 0 spiro atoms. The number of ether oxygens (including phenoxy) is 1. The van der Waals surface area contributed by atoms with Crippen molar-refractivity contribution in [3.8, 4) is 17.5 Å². The number of benzene rings is 2. The summed E-state index contributed by atoms with van der Waals surface area (Å²) in [6, 6.07) is 12.0. The van der Waals surface area contributed by atoms with Crippen LogP contribution in [0.15, 0.2) is 59.4 Å². The fraction of sp³-hybridized carbons (Fsp3) is 0.207. The monoisotopic (exact) mass is 647 g/mol. The predicted octanol–water partition coefficient (Wildman–Crippen LogP) is 1.89. The van der Waals surface area contributed by atoms with E-state index < -0.39 is 35.9 Å². The van der Waals surface area contributed by atoms with Gasteiger partial charge < -0.3 is 30.5 Å². The molecular weight excluding hydrogens is 625 g/mol. The number of anilines is 2. The average molecular weight is 648 g/mol. The quantitative estimate of drug-likeness (QED) is 0.190. The maximum atomic E-state index is 15.3. The number of rotatable bonds is 8. The number of carbonyl (C=O) groups is 2. The highest BCUT2D eigenvalue weighted by Gasteiger charge is 2.48. The summed E-state index contributed by atoms with van der Waals surface area (Å²) in [5, 5.41) is 49.7. The molecule has 1 fully saturated rings. The molecule has 0 aliphatic carbocycles. The molecule has 1 saturated heterocycles. The van der Waals surface area contributed by atoms with Crippen LogP contribution in [0.2, 0.25) is 5.02 Å². The van der Waals surface area contributed by atoms with E-state index in [-0.39, 0.29) is 64.5 Å². The first-order chi connectivity index (χ1) is 22.1. The number of aromatic hydroxyl groups is 1. The highest BCUT2D eigenvalue weighted by atomic mass is 35.5. The molecule has 17 heteroatoms. The van der Waals surface area contributed by atoms with E-state index in [0.717, 1.165) is 15.8 Å². The summed E-state index contributed by atoms with van der Waals surface area (Å²) < 4.78 is 27.4. The molecule has 1 unspecified atom stereocenters. The summed E-state index contributed by atoms with van der Waals surface area (Å²) in [6.45, 7) is -0.793. The number of para-hydroxylation sites is 1. The second-order valence-electron chi connectivity index (χ2n) is 10.4. The lowest BCUT2D eigenvalue weighted by atomic mass is 9.86. The van der Waals surface area contributed by atoms with Crippen LogP contribution >= 0.6 is 11.6 Å². The van der Waals surface area contributed by atoms with Gasteiger partial charge in [0.25, 0.3) is 11.8 Å². The van der Waals surface area contributed by atoms with E-state index >= 15 is 4.39 Å². The van der Waals surface area contributed by atoms with Gasteiger partial charge in [0.05, 0.1) is 53.7 Å². The lowest BCUT2D eigenvalue weighted by molar-refractivity contribution is -0.157. The van der Waals surface area contributed by atoms with Gasteiger partial charge in [-0.2, -0.15) is 10.4 Å². The number of nitrogens with one attached hydrogen (secondary N) is 1. The van der Waals surface area contributed by atoms with Crippen molar-refractivity contribution in [3.05, 3.63) is 82.5 Å². The Balaban J connectivity index is 1.33. The Hall–Kier alpha value is -5.63. The minimum absolute atomic E-state index is 0.0280. The summed E-state index contributed by atoms with van der Waals surface area (Å²) in [5.41, 5.74) is 4.39. The Morgan fingerprint density at radius 2 is 2.11 bits per heavy atom. The van der Waals surface area contributed by atoms with Crippen LogP contribution in [0.4, 0.5) is 16.0 Å². The van der Waals surface area contributed by atoms with E-state index in [4.69, 9.17) is 31.9 Å². The number of nitrogen functional groups attached to an aromatic ring is 1. The number of nitriles is 1. The number of aromatic nitrogens is 5. The zero-order valence-electron chi connectivity index (χ0n) is 23.6. The van der Waals surface area contributed by atoms with Gasteiger partial charge in [0.15, 0.2) is 34.8 Å². The molecule has 3 aromatic heterocycles.